The van der Waals surface area contributed by atoms with Crippen LogP contribution in [0.5, 0.6) is 5.75 Å². The van der Waals surface area contributed by atoms with Crippen molar-refractivity contribution in [2.75, 3.05) is 27.2 Å². The number of sulfonamides is 1. The second-order valence-electron chi connectivity index (χ2n) is 6.02. The summed E-state index contributed by atoms with van der Waals surface area (Å²) in [6.45, 7) is 2.18. The summed E-state index contributed by atoms with van der Waals surface area (Å²) in [6.07, 6.45) is 0. The third-order valence-electron chi connectivity index (χ3n) is 3.94. The highest BCUT2D eigenvalue weighted by Gasteiger charge is 2.27. The molecule has 0 fully saturated rings. The van der Waals surface area contributed by atoms with Gasteiger partial charge in [-0.2, -0.15) is 4.31 Å². The largest absolute Gasteiger partial charge is 0.492 e. The maximum atomic E-state index is 12.9. The Morgan fingerprint density at radius 3 is 2.41 bits per heavy atom. The molecular formula is C19H23ClN2O4S. The maximum absolute atomic E-state index is 12.9. The van der Waals surface area contributed by atoms with Crippen LogP contribution < -0.4 is 4.74 Å². The Morgan fingerprint density at radius 1 is 1.11 bits per heavy atom. The van der Waals surface area contributed by atoms with E-state index in [9.17, 15) is 13.2 Å². The molecule has 0 aliphatic heterocycles. The molecule has 6 nitrogen and oxygen atoms in total. The molecule has 0 heterocycles. The lowest BCUT2D eigenvalue weighted by Crippen LogP contribution is -2.39. The summed E-state index contributed by atoms with van der Waals surface area (Å²) < 4.78 is 32.2. The Bertz CT molecular complexity index is 888. The van der Waals surface area contributed by atoms with Crippen molar-refractivity contribution in [3.8, 4) is 5.75 Å². The lowest BCUT2D eigenvalue weighted by molar-refractivity contribution is -0.130. The Hall–Kier alpha value is -2.09. The Morgan fingerprint density at radius 2 is 1.78 bits per heavy atom. The number of hydrogen-bond acceptors (Lipinski definition) is 4. The molecule has 2 aromatic rings. The van der Waals surface area contributed by atoms with Gasteiger partial charge in [-0.15, -0.1) is 0 Å². The molecule has 2 rings (SSSR count). The van der Waals surface area contributed by atoms with E-state index in [-0.39, 0.29) is 28.1 Å². The van der Waals surface area contributed by atoms with E-state index in [1.165, 1.54) is 24.1 Å². The molecule has 1 amide bonds. The number of likely N-dealkylation sites (N-methyl/N-ethyl adjacent to an activating group) is 2. The molecule has 0 saturated heterocycles. The molecule has 0 spiro atoms. The summed E-state index contributed by atoms with van der Waals surface area (Å²) in [7, 11) is -0.938. The van der Waals surface area contributed by atoms with E-state index in [0.717, 1.165) is 9.87 Å². The third kappa shape index (κ3) is 5.45. The number of ether oxygens (including phenoxy) is 1. The van der Waals surface area contributed by atoms with Gasteiger partial charge in [0.2, 0.25) is 15.9 Å². The molecule has 0 N–H and O–H groups in total. The Balaban J connectivity index is 2.15. The van der Waals surface area contributed by atoms with Crippen LogP contribution >= 0.6 is 11.6 Å². The zero-order chi connectivity index (χ0) is 20.0. The van der Waals surface area contributed by atoms with E-state index in [2.05, 4.69) is 0 Å². The Labute approximate surface area is 165 Å². The van der Waals surface area contributed by atoms with Crippen LogP contribution in [0, 0.1) is 0 Å². The molecule has 0 aliphatic rings. The Kier molecular flexibility index (Phi) is 7.24. The average molecular weight is 411 g/mol. The van der Waals surface area contributed by atoms with Crippen LogP contribution in [0.3, 0.4) is 0 Å². The molecule has 0 bridgehead atoms. The van der Waals surface area contributed by atoms with E-state index in [0.29, 0.717) is 13.2 Å². The van der Waals surface area contributed by atoms with Crippen molar-refractivity contribution in [2.45, 2.75) is 18.4 Å². The predicted molar refractivity (Wildman–Crippen MR) is 105 cm³/mol. The summed E-state index contributed by atoms with van der Waals surface area (Å²) in [4.78, 5) is 13.9. The molecule has 146 valence electrons. The third-order valence-corrected chi connectivity index (χ3v) is 6.00. The first-order valence-corrected chi connectivity index (χ1v) is 10.2. The van der Waals surface area contributed by atoms with Crippen molar-refractivity contribution >= 4 is 27.5 Å². The highest BCUT2D eigenvalue weighted by atomic mass is 35.5. The van der Waals surface area contributed by atoms with Crippen molar-refractivity contribution in [1.82, 2.24) is 9.21 Å². The zero-order valence-electron chi connectivity index (χ0n) is 15.6. The molecule has 0 atom stereocenters. The zero-order valence-corrected chi connectivity index (χ0v) is 17.1. The van der Waals surface area contributed by atoms with Crippen molar-refractivity contribution in [2.24, 2.45) is 0 Å². The summed E-state index contributed by atoms with van der Waals surface area (Å²) >= 11 is 5.96. The highest BCUT2D eigenvalue weighted by Crippen LogP contribution is 2.29. The van der Waals surface area contributed by atoms with Gasteiger partial charge in [0.15, 0.2) is 0 Å². The number of benzene rings is 2. The molecule has 0 unspecified atom stereocenters. The second kappa shape index (κ2) is 9.21. The summed E-state index contributed by atoms with van der Waals surface area (Å²) in [5.41, 5.74) is 0.965. The van der Waals surface area contributed by atoms with E-state index in [1.54, 1.807) is 20.0 Å². The summed E-state index contributed by atoms with van der Waals surface area (Å²) in [6, 6.07) is 13.9. The van der Waals surface area contributed by atoms with Gasteiger partial charge in [0.25, 0.3) is 0 Å². The normalized spacial score (nSPS) is 11.4. The second-order valence-corrected chi connectivity index (χ2v) is 8.47. The number of carbonyl (C=O) groups excluding carboxylic acids is 1. The van der Waals surface area contributed by atoms with Gasteiger partial charge < -0.3 is 9.64 Å². The minimum Gasteiger partial charge on any atom is -0.492 e. The van der Waals surface area contributed by atoms with Crippen molar-refractivity contribution in [3.05, 3.63) is 59.1 Å². The number of hydrogen-bond donors (Lipinski definition) is 0. The van der Waals surface area contributed by atoms with Gasteiger partial charge in [-0.05, 0) is 30.7 Å². The summed E-state index contributed by atoms with van der Waals surface area (Å²) in [5, 5.41) is 0.276. The molecule has 0 radical (unpaired) electrons. The standard InChI is InChI=1S/C19H23ClN2O4S/c1-4-26-17-11-10-16(20)12-18(17)27(24,25)22(3)14-19(23)21(2)13-15-8-6-5-7-9-15/h5-12H,4,13-14H2,1-3H3. The van der Waals surface area contributed by atoms with Crippen LogP contribution in [0.1, 0.15) is 12.5 Å². The van der Waals surface area contributed by atoms with Gasteiger partial charge >= 0.3 is 0 Å². The van der Waals surface area contributed by atoms with Crippen LogP contribution in [0.15, 0.2) is 53.4 Å². The van der Waals surface area contributed by atoms with Crippen LogP contribution in [0.25, 0.3) is 0 Å². The molecule has 0 aliphatic carbocycles. The molecule has 8 heteroatoms. The molecule has 0 saturated carbocycles. The van der Waals surface area contributed by atoms with Gasteiger partial charge in [-0.1, -0.05) is 41.9 Å². The lowest BCUT2D eigenvalue weighted by atomic mass is 10.2. The van der Waals surface area contributed by atoms with Gasteiger partial charge in [0.05, 0.1) is 13.2 Å². The van der Waals surface area contributed by atoms with E-state index in [4.69, 9.17) is 16.3 Å². The van der Waals surface area contributed by atoms with E-state index in [1.807, 2.05) is 30.3 Å². The van der Waals surface area contributed by atoms with Gasteiger partial charge in [-0.25, -0.2) is 8.42 Å². The fourth-order valence-electron chi connectivity index (χ4n) is 2.47. The number of halogens is 1. The molecule has 27 heavy (non-hydrogen) atoms. The quantitative estimate of drug-likeness (QED) is 0.670. The van der Waals surface area contributed by atoms with Crippen molar-refractivity contribution in [3.63, 3.8) is 0 Å². The van der Waals surface area contributed by atoms with E-state index >= 15 is 0 Å². The highest BCUT2D eigenvalue weighted by molar-refractivity contribution is 7.89. The fourth-order valence-corrected chi connectivity index (χ4v) is 3.98. The maximum Gasteiger partial charge on any atom is 0.247 e. The average Bonchev–Trinajstić information content (AvgIpc) is 2.64. The monoisotopic (exact) mass is 410 g/mol. The topological polar surface area (TPSA) is 66.9 Å². The van der Waals surface area contributed by atoms with Gasteiger partial charge in [0.1, 0.15) is 10.6 Å². The minimum absolute atomic E-state index is 0.0575. The molecular weight excluding hydrogens is 388 g/mol. The smallest absolute Gasteiger partial charge is 0.247 e. The first-order valence-electron chi connectivity index (χ1n) is 8.42. The SMILES string of the molecule is CCOc1ccc(Cl)cc1S(=O)(=O)N(C)CC(=O)N(C)Cc1ccccc1. The number of nitrogens with zero attached hydrogens (tertiary/aromatic N) is 2. The van der Waals surface area contributed by atoms with Crippen LogP contribution in [-0.2, 0) is 21.4 Å². The van der Waals surface area contributed by atoms with Crippen LogP contribution in [0.4, 0.5) is 0 Å². The minimum atomic E-state index is -3.94. The van der Waals surface area contributed by atoms with Gasteiger partial charge in [-0.3, -0.25) is 4.79 Å². The van der Waals surface area contributed by atoms with Crippen molar-refractivity contribution < 1.29 is 17.9 Å². The van der Waals surface area contributed by atoms with Crippen LogP contribution in [0.2, 0.25) is 5.02 Å². The van der Waals surface area contributed by atoms with E-state index < -0.39 is 10.0 Å². The van der Waals surface area contributed by atoms with Crippen LogP contribution in [-0.4, -0.2) is 50.8 Å². The lowest BCUT2D eigenvalue weighted by Gasteiger charge is -2.23. The number of carbonyl (C=O) groups is 1. The first-order chi connectivity index (χ1) is 12.8. The van der Waals surface area contributed by atoms with Crippen molar-refractivity contribution in [1.29, 1.82) is 0 Å². The van der Waals surface area contributed by atoms with Gasteiger partial charge in [0, 0.05) is 25.7 Å². The summed E-state index contributed by atoms with van der Waals surface area (Å²) in [5.74, 6) is -0.108. The first kappa shape index (κ1) is 21.2. The number of rotatable bonds is 8. The molecule has 2 aromatic carbocycles. The molecule has 0 aromatic heterocycles. The fraction of sp³-hybridized carbons (Fsp3) is 0.316. The number of amides is 1. The predicted octanol–water partition coefficient (Wildman–Crippen LogP) is 3.02.